The Morgan fingerprint density at radius 1 is 1.21 bits per heavy atom. The van der Waals surface area contributed by atoms with Crippen LogP contribution in [0.1, 0.15) is 38.9 Å². The lowest BCUT2D eigenvalue weighted by molar-refractivity contribution is -0.139. The fourth-order valence-electron chi connectivity index (χ4n) is 1.44. The van der Waals surface area contributed by atoms with E-state index in [-0.39, 0.29) is 6.42 Å². The van der Waals surface area contributed by atoms with Gasteiger partial charge in [0.05, 0.1) is 6.42 Å². The Morgan fingerprint density at radius 3 is 2.26 bits per heavy atom. The van der Waals surface area contributed by atoms with Gasteiger partial charge < -0.3 is 14.6 Å². The quantitative estimate of drug-likeness (QED) is 0.847. The molecule has 0 bridgehead atoms. The van der Waals surface area contributed by atoms with Crippen molar-refractivity contribution in [2.75, 3.05) is 0 Å². The fraction of sp³-hybridized carbons (Fsp3) is 0.429. The lowest BCUT2D eigenvalue weighted by Crippen LogP contribution is -2.26. The second kappa shape index (κ2) is 6.22. The van der Waals surface area contributed by atoms with Crippen LogP contribution in [-0.2, 0) is 14.3 Å². The zero-order valence-electron chi connectivity index (χ0n) is 11.3. The van der Waals surface area contributed by atoms with Gasteiger partial charge in [-0.1, -0.05) is 30.3 Å². The van der Waals surface area contributed by atoms with Gasteiger partial charge in [0.1, 0.15) is 11.7 Å². The van der Waals surface area contributed by atoms with Crippen LogP contribution in [0.2, 0.25) is 0 Å². The van der Waals surface area contributed by atoms with Gasteiger partial charge in [0, 0.05) is 0 Å². The lowest BCUT2D eigenvalue weighted by Gasteiger charge is -2.22. The van der Waals surface area contributed by atoms with Gasteiger partial charge in [-0.05, 0) is 26.3 Å². The maximum Gasteiger partial charge on any atom is 0.509 e. The number of rotatable bonds is 4. The van der Waals surface area contributed by atoms with Gasteiger partial charge in [-0.3, -0.25) is 4.79 Å². The van der Waals surface area contributed by atoms with Crippen LogP contribution in [0.15, 0.2) is 30.3 Å². The van der Waals surface area contributed by atoms with Gasteiger partial charge in [0.15, 0.2) is 0 Å². The molecule has 0 aromatic heterocycles. The molecule has 1 N–H and O–H groups in total. The highest BCUT2D eigenvalue weighted by Gasteiger charge is 2.24. The van der Waals surface area contributed by atoms with Crippen molar-refractivity contribution in [3.8, 4) is 0 Å². The van der Waals surface area contributed by atoms with Crippen molar-refractivity contribution < 1.29 is 24.2 Å². The van der Waals surface area contributed by atoms with Crippen LogP contribution in [0.3, 0.4) is 0 Å². The highest BCUT2D eigenvalue weighted by Crippen LogP contribution is 2.22. The summed E-state index contributed by atoms with van der Waals surface area (Å²) in [5.41, 5.74) is -0.0579. The summed E-state index contributed by atoms with van der Waals surface area (Å²) in [6, 6.07) is 8.72. The first kappa shape index (κ1) is 15.0. The van der Waals surface area contributed by atoms with E-state index in [0.717, 1.165) is 0 Å². The molecule has 104 valence electrons. The molecule has 0 saturated heterocycles. The SMILES string of the molecule is CC(C)(C)OC(=O)OC(CC(=O)O)c1ccccc1. The van der Waals surface area contributed by atoms with Gasteiger partial charge in [-0.2, -0.15) is 0 Å². The van der Waals surface area contributed by atoms with Crippen molar-refractivity contribution in [1.29, 1.82) is 0 Å². The molecule has 1 aromatic rings. The van der Waals surface area contributed by atoms with Gasteiger partial charge >= 0.3 is 12.1 Å². The van der Waals surface area contributed by atoms with Crippen LogP contribution in [-0.4, -0.2) is 22.8 Å². The van der Waals surface area contributed by atoms with E-state index in [1.807, 2.05) is 0 Å². The fourth-order valence-corrected chi connectivity index (χ4v) is 1.44. The molecule has 0 saturated carbocycles. The summed E-state index contributed by atoms with van der Waals surface area (Å²) in [7, 11) is 0. The maximum atomic E-state index is 11.6. The van der Waals surface area contributed by atoms with Gasteiger partial charge in [-0.15, -0.1) is 0 Å². The summed E-state index contributed by atoms with van der Waals surface area (Å²) >= 11 is 0. The molecule has 1 aromatic carbocycles. The van der Waals surface area contributed by atoms with Crippen LogP contribution in [0.5, 0.6) is 0 Å². The van der Waals surface area contributed by atoms with E-state index < -0.39 is 23.8 Å². The van der Waals surface area contributed by atoms with Crippen molar-refractivity contribution in [2.24, 2.45) is 0 Å². The van der Waals surface area contributed by atoms with Crippen LogP contribution in [0.25, 0.3) is 0 Å². The Labute approximate surface area is 112 Å². The summed E-state index contributed by atoms with van der Waals surface area (Å²) in [5.74, 6) is -1.04. The van der Waals surface area contributed by atoms with Crippen LogP contribution >= 0.6 is 0 Å². The Balaban J connectivity index is 2.76. The highest BCUT2D eigenvalue weighted by molar-refractivity contribution is 5.69. The van der Waals surface area contributed by atoms with Crippen molar-refractivity contribution in [1.82, 2.24) is 0 Å². The van der Waals surface area contributed by atoms with Crippen LogP contribution in [0.4, 0.5) is 4.79 Å². The Morgan fingerprint density at radius 2 is 1.79 bits per heavy atom. The standard InChI is InChI=1S/C14H18O5/c1-14(2,3)19-13(17)18-11(9-12(15)16)10-7-5-4-6-8-10/h4-8,11H,9H2,1-3H3,(H,15,16). The molecule has 5 nitrogen and oxygen atoms in total. The van der Waals surface area contributed by atoms with E-state index in [2.05, 4.69) is 0 Å². The van der Waals surface area contributed by atoms with E-state index in [1.54, 1.807) is 51.1 Å². The molecule has 1 atom stereocenters. The zero-order valence-corrected chi connectivity index (χ0v) is 11.3. The molecule has 0 fully saturated rings. The Bertz CT molecular complexity index is 433. The smallest absolute Gasteiger partial charge is 0.481 e. The zero-order chi connectivity index (χ0) is 14.5. The highest BCUT2D eigenvalue weighted by atomic mass is 16.7. The molecule has 0 spiro atoms. The largest absolute Gasteiger partial charge is 0.509 e. The molecule has 5 heteroatoms. The lowest BCUT2D eigenvalue weighted by atomic mass is 10.1. The third-order valence-corrected chi connectivity index (χ3v) is 2.16. The second-order valence-corrected chi connectivity index (χ2v) is 5.08. The average molecular weight is 266 g/mol. The number of ether oxygens (including phenoxy) is 2. The number of carboxylic acids is 1. The predicted octanol–water partition coefficient (Wildman–Crippen LogP) is 3.15. The molecule has 1 unspecified atom stereocenters. The third-order valence-electron chi connectivity index (χ3n) is 2.16. The summed E-state index contributed by atoms with van der Waals surface area (Å²) in [4.78, 5) is 22.4. The van der Waals surface area contributed by atoms with E-state index in [4.69, 9.17) is 14.6 Å². The molecule has 19 heavy (non-hydrogen) atoms. The first-order valence-corrected chi connectivity index (χ1v) is 5.94. The maximum absolute atomic E-state index is 11.6. The van der Waals surface area contributed by atoms with E-state index in [0.29, 0.717) is 5.56 Å². The molecule has 0 heterocycles. The molecule has 0 aliphatic rings. The second-order valence-electron chi connectivity index (χ2n) is 5.08. The number of benzene rings is 1. The average Bonchev–Trinajstić information content (AvgIpc) is 2.26. The minimum Gasteiger partial charge on any atom is -0.481 e. The molecular weight excluding hydrogens is 248 g/mol. The first-order chi connectivity index (χ1) is 8.78. The molecular formula is C14H18O5. The third kappa shape index (κ3) is 5.90. The Kier molecular flexibility index (Phi) is 4.92. The topological polar surface area (TPSA) is 72.8 Å². The minimum absolute atomic E-state index is 0.302. The van der Waals surface area contributed by atoms with Crippen molar-refractivity contribution in [3.05, 3.63) is 35.9 Å². The summed E-state index contributed by atoms with van der Waals surface area (Å²) in [6.07, 6.45) is -2.03. The van der Waals surface area contributed by atoms with E-state index >= 15 is 0 Å². The van der Waals surface area contributed by atoms with Gasteiger partial charge in [0.25, 0.3) is 0 Å². The molecule has 0 amide bonds. The van der Waals surface area contributed by atoms with E-state index in [1.165, 1.54) is 0 Å². The monoisotopic (exact) mass is 266 g/mol. The number of carboxylic acid groups (broad SMARTS) is 1. The number of aliphatic carboxylic acids is 1. The number of hydrogen-bond acceptors (Lipinski definition) is 4. The van der Waals surface area contributed by atoms with Gasteiger partial charge in [-0.25, -0.2) is 4.79 Å². The molecule has 0 radical (unpaired) electrons. The van der Waals surface area contributed by atoms with Crippen LogP contribution in [0, 0.1) is 0 Å². The number of carbonyl (C=O) groups is 2. The molecule has 0 aliphatic carbocycles. The minimum atomic E-state index is -1.04. The first-order valence-electron chi connectivity index (χ1n) is 5.94. The molecule has 0 aliphatic heterocycles. The van der Waals surface area contributed by atoms with E-state index in [9.17, 15) is 9.59 Å². The van der Waals surface area contributed by atoms with Crippen molar-refractivity contribution >= 4 is 12.1 Å². The predicted molar refractivity (Wildman–Crippen MR) is 68.8 cm³/mol. The summed E-state index contributed by atoms with van der Waals surface area (Å²) in [5, 5.41) is 8.86. The molecule has 1 rings (SSSR count). The Hall–Kier alpha value is -2.04. The van der Waals surface area contributed by atoms with Gasteiger partial charge in [0.2, 0.25) is 0 Å². The van der Waals surface area contributed by atoms with Crippen molar-refractivity contribution in [2.45, 2.75) is 38.9 Å². The number of carbonyl (C=O) groups excluding carboxylic acids is 1. The summed E-state index contributed by atoms with van der Waals surface area (Å²) in [6.45, 7) is 5.13. The summed E-state index contributed by atoms with van der Waals surface area (Å²) < 4.78 is 10.1. The van der Waals surface area contributed by atoms with Crippen LogP contribution < -0.4 is 0 Å². The normalized spacial score (nSPS) is 12.6. The number of hydrogen-bond donors (Lipinski definition) is 1. The van der Waals surface area contributed by atoms with Crippen molar-refractivity contribution in [3.63, 3.8) is 0 Å².